The molecule has 19 heavy (non-hydrogen) atoms. The number of fused-ring (bicyclic) bond motifs is 1. The molecule has 0 saturated carbocycles. The van der Waals surface area contributed by atoms with Gasteiger partial charge in [0.25, 0.3) is 10.1 Å². The predicted octanol–water partition coefficient (Wildman–Crippen LogP) is 1.45. The first kappa shape index (κ1) is 13.3. The zero-order chi connectivity index (χ0) is 14.2. The van der Waals surface area contributed by atoms with Crippen molar-refractivity contribution in [3.8, 4) is 6.07 Å². The van der Waals surface area contributed by atoms with Crippen LogP contribution in [0.25, 0.3) is 0 Å². The predicted molar refractivity (Wildman–Crippen MR) is 67.5 cm³/mol. The van der Waals surface area contributed by atoms with Crippen LogP contribution in [-0.2, 0) is 19.0 Å². The normalized spacial score (nSPS) is 45.0. The van der Waals surface area contributed by atoms with Crippen molar-refractivity contribution in [3.05, 3.63) is 0 Å². The van der Waals surface area contributed by atoms with Crippen molar-refractivity contribution in [1.82, 2.24) is 0 Å². The first-order valence-corrected chi connectivity index (χ1v) is 8.16. The Bertz CT molecular complexity index is 554. The third kappa shape index (κ3) is 1.09. The van der Waals surface area contributed by atoms with Crippen LogP contribution >= 0.6 is 0 Å². The van der Waals surface area contributed by atoms with Gasteiger partial charge in [-0.25, -0.2) is 0 Å². The van der Waals surface area contributed by atoms with Crippen LogP contribution in [0.2, 0.25) is 0 Å². The molecule has 106 valence electrons. The topological polar surface area (TPSA) is 76.4 Å². The van der Waals surface area contributed by atoms with Gasteiger partial charge in [0.15, 0.2) is 0 Å². The summed E-state index contributed by atoms with van der Waals surface area (Å²) in [5, 5.41) is 9.75. The van der Waals surface area contributed by atoms with Gasteiger partial charge in [-0.05, 0) is 11.8 Å². The van der Waals surface area contributed by atoms with Crippen molar-refractivity contribution in [2.45, 2.75) is 57.2 Å². The quantitative estimate of drug-likeness (QED) is 0.718. The molecule has 3 saturated heterocycles. The SMILES string of the molecule is CC(C)C1(C(C)C)C2CC3OS(=O)(=O)C1(C#N)C3O2. The summed E-state index contributed by atoms with van der Waals surface area (Å²) in [5.41, 5.74) is -0.696. The first-order chi connectivity index (χ1) is 8.75. The van der Waals surface area contributed by atoms with E-state index in [1.54, 1.807) is 0 Å². The van der Waals surface area contributed by atoms with E-state index in [-0.39, 0.29) is 17.9 Å². The number of hydrogen-bond donors (Lipinski definition) is 0. The summed E-state index contributed by atoms with van der Waals surface area (Å²) in [4.78, 5) is 0. The summed E-state index contributed by atoms with van der Waals surface area (Å²) in [7, 11) is -3.93. The summed E-state index contributed by atoms with van der Waals surface area (Å²) in [5.74, 6) is 0.0548. The number of nitriles is 1. The second-order valence-corrected chi connectivity index (χ2v) is 8.20. The van der Waals surface area contributed by atoms with Gasteiger partial charge in [-0.2, -0.15) is 13.7 Å². The van der Waals surface area contributed by atoms with Gasteiger partial charge >= 0.3 is 0 Å². The van der Waals surface area contributed by atoms with E-state index in [1.807, 2.05) is 27.7 Å². The van der Waals surface area contributed by atoms with Crippen LogP contribution < -0.4 is 0 Å². The van der Waals surface area contributed by atoms with Crippen molar-refractivity contribution in [1.29, 1.82) is 5.26 Å². The highest BCUT2D eigenvalue weighted by atomic mass is 32.2. The van der Waals surface area contributed by atoms with Gasteiger partial charge in [-0.3, -0.25) is 4.18 Å². The molecule has 0 aromatic heterocycles. The van der Waals surface area contributed by atoms with Crippen molar-refractivity contribution >= 4 is 10.1 Å². The zero-order valence-electron chi connectivity index (χ0n) is 11.6. The van der Waals surface area contributed by atoms with E-state index in [0.717, 1.165) is 0 Å². The Hall–Kier alpha value is -0.640. The molecule has 3 aliphatic heterocycles. The largest absolute Gasteiger partial charge is 0.369 e. The number of rotatable bonds is 2. The molecule has 3 rings (SSSR count). The molecule has 3 aliphatic rings. The third-order valence-corrected chi connectivity index (χ3v) is 7.36. The van der Waals surface area contributed by atoms with E-state index < -0.39 is 32.5 Å². The van der Waals surface area contributed by atoms with Crippen LogP contribution in [0.5, 0.6) is 0 Å². The van der Waals surface area contributed by atoms with Crippen molar-refractivity contribution in [2.75, 3.05) is 0 Å². The summed E-state index contributed by atoms with van der Waals surface area (Å²) in [6.07, 6.45) is -0.735. The van der Waals surface area contributed by atoms with Crippen LogP contribution in [0.1, 0.15) is 34.1 Å². The lowest BCUT2D eigenvalue weighted by Crippen LogP contribution is -2.62. The molecule has 5 nitrogen and oxygen atoms in total. The maximum absolute atomic E-state index is 12.5. The molecule has 6 heteroatoms. The van der Waals surface area contributed by atoms with Crippen LogP contribution in [0.4, 0.5) is 0 Å². The van der Waals surface area contributed by atoms with Crippen molar-refractivity contribution in [3.63, 3.8) is 0 Å². The molecule has 0 spiro atoms. The Morgan fingerprint density at radius 2 is 1.84 bits per heavy atom. The van der Waals surface area contributed by atoms with E-state index >= 15 is 0 Å². The van der Waals surface area contributed by atoms with E-state index in [2.05, 4.69) is 6.07 Å². The fourth-order valence-electron chi connectivity index (χ4n) is 4.98. The average Bonchev–Trinajstić information content (AvgIpc) is 2.83. The molecule has 3 heterocycles. The van der Waals surface area contributed by atoms with Crippen molar-refractivity contribution in [2.24, 2.45) is 17.3 Å². The summed E-state index contributed by atoms with van der Waals surface area (Å²) >= 11 is 0. The number of nitrogens with zero attached hydrogens (tertiary/aromatic N) is 1. The Kier molecular flexibility index (Phi) is 2.47. The maximum Gasteiger partial charge on any atom is 0.290 e. The Balaban J connectivity index is 2.35. The Morgan fingerprint density at radius 3 is 2.32 bits per heavy atom. The van der Waals surface area contributed by atoms with Crippen LogP contribution in [0.15, 0.2) is 0 Å². The second kappa shape index (κ2) is 3.51. The Morgan fingerprint density at radius 1 is 1.26 bits per heavy atom. The van der Waals surface area contributed by atoms with Crippen LogP contribution in [-0.4, -0.2) is 31.5 Å². The minimum atomic E-state index is -3.93. The summed E-state index contributed by atoms with van der Waals surface area (Å²) in [6, 6.07) is 2.11. The fraction of sp³-hybridized carbons (Fsp3) is 0.923. The highest BCUT2D eigenvalue weighted by molar-refractivity contribution is 7.88. The molecule has 4 atom stereocenters. The maximum atomic E-state index is 12.5. The van der Waals surface area contributed by atoms with Crippen LogP contribution in [0, 0.1) is 28.6 Å². The minimum absolute atomic E-state index is 0.0274. The van der Waals surface area contributed by atoms with Crippen molar-refractivity contribution < 1.29 is 17.3 Å². The molecule has 3 fully saturated rings. The van der Waals surface area contributed by atoms with E-state index in [4.69, 9.17) is 8.92 Å². The van der Waals surface area contributed by atoms with Gasteiger partial charge < -0.3 is 4.74 Å². The molecule has 4 unspecified atom stereocenters. The lowest BCUT2D eigenvalue weighted by atomic mass is 9.54. The smallest absolute Gasteiger partial charge is 0.290 e. The molecule has 0 aromatic rings. The van der Waals surface area contributed by atoms with E-state index in [1.165, 1.54) is 0 Å². The third-order valence-electron chi connectivity index (χ3n) is 5.39. The first-order valence-electron chi connectivity index (χ1n) is 6.75. The standard InChI is InChI=1S/C13H19NO4S/c1-7(2)13(8(3)4)10-5-9-11(17-10)12(13,6-14)19(15,16)18-9/h7-11H,5H2,1-4H3. The van der Waals surface area contributed by atoms with Gasteiger partial charge in [0.2, 0.25) is 4.75 Å². The number of hydrogen-bond acceptors (Lipinski definition) is 5. The summed E-state index contributed by atoms with van der Waals surface area (Å²) < 4.78 is 34.6. The molecule has 0 N–H and O–H groups in total. The molecule has 0 radical (unpaired) electrons. The number of ether oxygens (including phenoxy) is 1. The van der Waals surface area contributed by atoms with E-state index in [9.17, 15) is 13.7 Å². The summed E-state index contributed by atoms with van der Waals surface area (Å²) in [6.45, 7) is 7.91. The van der Waals surface area contributed by atoms with Gasteiger partial charge in [0, 0.05) is 11.8 Å². The molecule has 0 aromatic carbocycles. The van der Waals surface area contributed by atoms with Gasteiger partial charge in [-0.1, -0.05) is 27.7 Å². The van der Waals surface area contributed by atoms with E-state index in [0.29, 0.717) is 6.42 Å². The lowest BCUT2D eigenvalue weighted by molar-refractivity contribution is 0.000938. The second-order valence-electron chi connectivity index (χ2n) is 6.46. The minimum Gasteiger partial charge on any atom is -0.369 e. The highest BCUT2D eigenvalue weighted by Gasteiger charge is 2.84. The molecule has 0 amide bonds. The zero-order valence-corrected chi connectivity index (χ0v) is 12.4. The van der Waals surface area contributed by atoms with Crippen LogP contribution in [0.3, 0.4) is 0 Å². The molecular formula is C13H19NO4S. The van der Waals surface area contributed by atoms with Gasteiger partial charge in [0.05, 0.1) is 12.2 Å². The highest BCUT2D eigenvalue weighted by Crippen LogP contribution is 2.68. The average molecular weight is 285 g/mol. The monoisotopic (exact) mass is 285 g/mol. The fourth-order valence-corrected chi connectivity index (χ4v) is 7.27. The molecular weight excluding hydrogens is 266 g/mol. The van der Waals surface area contributed by atoms with Gasteiger partial charge in [0.1, 0.15) is 12.2 Å². The molecule has 2 bridgehead atoms. The Labute approximate surface area is 114 Å². The lowest BCUT2D eigenvalue weighted by Gasteiger charge is -2.48. The molecule has 0 aliphatic carbocycles. The van der Waals surface area contributed by atoms with Gasteiger partial charge in [-0.15, -0.1) is 0 Å².